The van der Waals surface area contributed by atoms with Crippen LogP contribution in [0.4, 0.5) is 13.2 Å². The molecule has 0 unspecified atom stereocenters. The van der Waals surface area contributed by atoms with Gasteiger partial charge in [0, 0.05) is 12.1 Å². The van der Waals surface area contributed by atoms with Crippen LogP contribution in [0.3, 0.4) is 0 Å². The lowest BCUT2D eigenvalue weighted by Gasteiger charge is -2.20. The molecule has 1 aromatic carbocycles. The van der Waals surface area contributed by atoms with Crippen molar-refractivity contribution in [3.8, 4) is 16.9 Å². The molecule has 1 heterocycles. The van der Waals surface area contributed by atoms with Gasteiger partial charge in [-0.15, -0.1) is 0 Å². The zero-order valence-corrected chi connectivity index (χ0v) is 16.7. The summed E-state index contributed by atoms with van der Waals surface area (Å²) < 4.78 is 46.1. The van der Waals surface area contributed by atoms with E-state index < -0.39 is 17.8 Å². The van der Waals surface area contributed by atoms with Gasteiger partial charge in [-0.1, -0.05) is 24.9 Å². The first-order valence-corrected chi connectivity index (χ1v) is 9.29. The highest BCUT2D eigenvalue weighted by Crippen LogP contribution is 2.43. The number of unbranched alkanes of at least 4 members (excludes halogenated alkanes) is 1. The van der Waals surface area contributed by atoms with Gasteiger partial charge in [-0.05, 0) is 51.6 Å². The number of benzene rings is 1. The SMILES string of the molecule is CCCCN(C)Cc1[nH]ncc1-c1cc(Cl)c(OC(C)C)c(C(F)(F)F)c1. The summed E-state index contributed by atoms with van der Waals surface area (Å²) in [6, 6.07) is 2.57. The first kappa shape index (κ1) is 21.6. The van der Waals surface area contributed by atoms with Crippen molar-refractivity contribution in [2.75, 3.05) is 13.6 Å². The summed E-state index contributed by atoms with van der Waals surface area (Å²) in [6.07, 6.45) is -1.36. The Morgan fingerprint density at radius 2 is 2.00 bits per heavy atom. The monoisotopic (exact) mass is 403 g/mol. The van der Waals surface area contributed by atoms with E-state index in [2.05, 4.69) is 22.0 Å². The predicted octanol–water partition coefficient (Wildman–Crippen LogP) is 5.77. The fraction of sp³-hybridized carbons (Fsp3) is 0.526. The van der Waals surface area contributed by atoms with Crippen LogP contribution in [-0.2, 0) is 12.7 Å². The molecule has 0 aliphatic rings. The summed E-state index contributed by atoms with van der Waals surface area (Å²) in [5, 5.41) is 6.84. The molecule has 0 aliphatic carbocycles. The summed E-state index contributed by atoms with van der Waals surface area (Å²) in [4.78, 5) is 2.10. The molecule has 0 bridgehead atoms. The van der Waals surface area contributed by atoms with E-state index >= 15 is 0 Å². The van der Waals surface area contributed by atoms with Crippen molar-refractivity contribution in [2.45, 2.75) is 52.4 Å². The number of hydrogen-bond donors (Lipinski definition) is 1. The molecule has 8 heteroatoms. The van der Waals surface area contributed by atoms with Gasteiger partial charge in [-0.2, -0.15) is 18.3 Å². The second kappa shape index (κ2) is 8.97. The second-order valence-electron chi connectivity index (χ2n) is 6.85. The maximum Gasteiger partial charge on any atom is 0.420 e. The molecule has 2 rings (SSSR count). The molecule has 0 saturated carbocycles. The molecular formula is C19H25ClF3N3O. The zero-order valence-electron chi connectivity index (χ0n) is 16.0. The predicted molar refractivity (Wildman–Crippen MR) is 101 cm³/mol. The first-order chi connectivity index (χ1) is 12.6. The lowest BCUT2D eigenvalue weighted by Crippen LogP contribution is -2.19. The van der Waals surface area contributed by atoms with E-state index in [0.717, 1.165) is 31.1 Å². The Morgan fingerprint density at radius 3 is 2.59 bits per heavy atom. The van der Waals surface area contributed by atoms with Crippen LogP contribution in [0.5, 0.6) is 5.75 Å². The summed E-state index contributed by atoms with van der Waals surface area (Å²) in [5.41, 5.74) is 0.818. The van der Waals surface area contributed by atoms with Crippen molar-refractivity contribution in [3.05, 3.63) is 34.6 Å². The lowest BCUT2D eigenvalue weighted by molar-refractivity contribution is -0.139. The topological polar surface area (TPSA) is 41.2 Å². The number of nitrogens with zero attached hydrogens (tertiary/aromatic N) is 2. The molecule has 0 spiro atoms. The molecule has 0 amide bonds. The van der Waals surface area contributed by atoms with Gasteiger partial charge >= 0.3 is 6.18 Å². The number of halogens is 4. The Labute approximate surface area is 162 Å². The molecule has 150 valence electrons. The van der Waals surface area contributed by atoms with E-state index in [1.165, 1.54) is 12.3 Å². The van der Waals surface area contributed by atoms with E-state index in [0.29, 0.717) is 17.7 Å². The summed E-state index contributed by atoms with van der Waals surface area (Å²) in [5.74, 6) is -0.340. The van der Waals surface area contributed by atoms with Crippen LogP contribution in [-0.4, -0.2) is 34.8 Å². The highest BCUT2D eigenvalue weighted by molar-refractivity contribution is 6.32. The van der Waals surface area contributed by atoms with E-state index in [1.54, 1.807) is 13.8 Å². The molecule has 1 N–H and O–H groups in total. The standard InChI is InChI=1S/C19H25ClF3N3O/c1-5-6-7-26(4)11-17-14(10-24-25-17)13-8-15(19(21,22)23)18(16(20)9-13)27-12(2)3/h8-10,12H,5-7,11H2,1-4H3,(H,24,25). The van der Waals surface area contributed by atoms with Crippen LogP contribution >= 0.6 is 11.6 Å². The van der Waals surface area contributed by atoms with Gasteiger partial charge < -0.3 is 9.64 Å². The molecule has 0 saturated heterocycles. The molecule has 0 atom stereocenters. The fourth-order valence-corrected chi connectivity index (χ4v) is 3.04. The normalized spacial score (nSPS) is 12.2. The number of hydrogen-bond acceptors (Lipinski definition) is 3. The number of rotatable bonds is 8. The van der Waals surface area contributed by atoms with Gasteiger partial charge in [0.25, 0.3) is 0 Å². The molecule has 1 aromatic heterocycles. The zero-order chi connectivity index (χ0) is 20.2. The van der Waals surface area contributed by atoms with Gasteiger partial charge in [-0.3, -0.25) is 5.10 Å². The number of H-pyrrole nitrogens is 1. The highest BCUT2D eigenvalue weighted by Gasteiger charge is 2.36. The molecule has 0 aliphatic heterocycles. The van der Waals surface area contributed by atoms with Crippen molar-refractivity contribution in [2.24, 2.45) is 0 Å². The van der Waals surface area contributed by atoms with Gasteiger partial charge in [0.05, 0.1) is 28.6 Å². The number of nitrogens with one attached hydrogen (secondary N) is 1. The van der Waals surface area contributed by atoms with Gasteiger partial charge in [0.15, 0.2) is 5.75 Å². The maximum absolute atomic E-state index is 13.6. The third-order valence-electron chi connectivity index (χ3n) is 4.05. The minimum absolute atomic E-state index is 0.0694. The quantitative estimate of drug-likeness (QED) is 0.608. The molecule has 2 aromatic rings. The molecule has 0 fully saturated rings. The fourth-order valence-electron chi connectivity index (χ4n) is 2.77. The average Bonchev–Trinajstić information content (AvgIpc) is 3.01. The smallest absolute Gasteiger partial charge is 0.420 e. The van der Waals surface area contributed by atoms with Crippen LogP contribution in [0.1, 0.15) is 44.9 Å². The minimum Gasteiger partial charge on any atom is -0.489 e. The van der Waals surface area contributed by atoms with E-state index in [-0.39, 0.29) is 10.8 Å². The van der Waals surface area contributed by atoms with Crippen molar-refractivity contribution >= 4 is 11.6 Å². The molecule has 4 nitrogen and oxygen atoms in total. The Hall–Kier alpha value is -1.73. The van der Waals surface area contributed by atoms with Gasteiger partial charge in [0.2, 0.25) is 0 Å². The first-order valence-electron chi connectivity index (χ1n) is 8.92. The number of aromatic nitrogens is 2. The van der Waals surface area contributed by atoms with Gasteiger partial charge in [-0.25, -0.2) is 0 Å². The maximum atomic E-state index is 13.6. The highest BCUT2D eigenvalue weighted by atomic mass is 35.5. The Bertz CT molecular complexity index is 759. The van der Waals surface area contributed by atoms with Crippen LogP contribution in [0, 0.1) is 0 Å². The van der Waals surface area contributed by atoms with Crippen LogP contribution in [0.2, 0.25) is 5.02 Å². The van der Waals surface area contributed by atoms with Gasteiger partial charge in [0.1, 0.15) is 0 Å². The average molecular weight is 404 g/mol. The van der Waals surface area contributed by atoms with Crippen LogP contribution in [0.25, 0.3) is 11.1 Å². The van der Waals surface area contributed by atoms with Crippen molar-refractivity contribution < 1.29 is 17.9 Å². The van der Waals surface area contributed by atoms with Crippen molar-refractivity contribution in [1.82, 2.24) is 15.1 Å². The van der Waals surface area contributed by atoms with Crippen molar-refractivity contribution in [3.63, 3.8) is 0 Å². The number of ether oxygens (including phenoxy) is 1. The van der Waals surface area contributed by atoms with Crippen LogP contribution < -0.4 is 4.74 Å². The molecule has 0 radical (unpaired) electrons. The molecule has 27 heavy (non-hydrogen) atoms. The van der Waals surface area contributed by atoms with E-state index in [4.69, 9.17) is 16.3 Å². The number of alkyl halides is 3. The minimum atomic E-state index is -4.58. The second-order valence-corrected chi connectivity index (χ2v) is 7.26. The Balaban J connectivity index is 2.43. The third kappa shape index (κ3) is 5.62. The summed E-state index contributed by atoms with van der Waals surface area (Å²) in [6.45, 7) is 6.87. The largest absolute Gasteiger partial charge is 0.489 e. The Kier molecular flexibility index (Phi) is 7.17. The molecular weight excluding hydrogens is 379 g/mol. The Morgan fingerprint density at radius 1 is 1.30 bits per heavy atom. The van der Waals surface area contributed by atoms with Crippen molar-refractivity contribution in [1.29, 1.82) is 0 Å². The number of aromatic amines is 1. The summed E-state index contributed by atoms with van der Waals surface area (Å²) in [7, 11) is 1.97. The lowest BCUT2D eigenvalue weighted by atomic mass is 10.0. The summed E-state index contributed by atoms with van der Waals surface area (Å²) >= 11 is 6.16. The van der Waals surface area contributed by atoms with E-state index in [1.807, 2.05) is 7.05 Å². The third-order valence-corrected chi connectivity index (χ3v) is 4.33. The van der Waals surface area contributed by atoms with Crippen LogP contribution in [0.15, 0.2) is 18.3 Å². The van der Waals surface area contributed by atoms with E-state index in [9.17, 15) is 13.2 Å².